The minimum Gasteiger partial charge on any atom is -0.466 e. The molecule has 1 saturated carbocycles. The number of aldehydes is 1. The number of thioether (sulfide) groups is 1. The van der Waals surface area contributed by atoms with Gasteiger partial charge in [-0.05, 0) is 62.1 Å². The Labute approximate surface area is 200 Å². The van der Waals surface area contributed by atoms with Crippen LogP contribution in [0.25, 0.3) is 5.57 Å². The van der Waals surface area contributed by atoms with Crippen LogP contribution in [0.5, 0.6) is 0 Å². The summed E-state index contributed by atoms with van der Waals surface area (Å²) in [4.78, 5) is 32.7. The molecule has 176 valence electrons. The van der Waals surface area contributed by atoms with E-state index in [0.29, 0.717) is 12.3 Å². The molecule has 4 rings (SSSR count). The van der Waals surface area contributed by atoms with Gasteiger partial charge in [0.05, 0.1) is 18.2 Å². The molecule has 1 unspecified atom stereocenters. The fraction of sp³-hybridized carbons (Fsp3) is 0.462. The highest BCUT2D eigenvalue weighted by atomic mass is 32.2. The van der Waals surface area contributed by atoms with Gasteiger partial charge in [0.15, 0.2) is 6.29 Å². The average Bonchev–Trinajstić information content (AvgIpc) is 3.30. The van der Waals surface area contributed by atoms with Crippen LogP contribution in [0.15, 0.2) is 41.6 Å². The molecule has 0 bridgehead atoms. The number of aromatic amines is 1. The van der Waals surface area contributed by atoms with Crippen molar-refractivity contribution in [2.75, 3.05) is 44.9 Å². The Bertz CT molecular complexity index is 1050. The number of nitrogens with one attached hydrogen (secondary N) is 1. The lowest BCUT2D eigenvalue weighted by atomic mass is 9.89. The van der Waals surface area contributed by atoms with E-state index >= 15 is 0 Å². The fourth-order valence-corrected chi connectivity index (χ4v) is 5.50. The number of piperidine rings is 1. The first kappa shape index (κ1) is 23.5. The van der Waals surface area contributed by atoms with Crippen molar-refractivity contribution in [3.8, 4) is 0 Å². The molecule has 1 saturated heterocycles. The van der Waals surface area contributed by atoms with E-state index in [1.807, 2.05) is 38.2 Å². The van der Waals surface area contributed by atoms with Crippen molar-refractivity contribution in [2.24, 2.45) is 11.3 Å². The Kier molecular flexibility index (Phi) is 6.88. The molecule has 0 amide bonds. The largest absolute Gasteiger partial charge is 0.466 e. The van der Waals surface area contributed by atoms with Crippen LogP contribution in [0, 0.1) is 11.3 Å². The number of ether oxygens (including phenoxy) is 1. The van der Waals surface area contributed by atoms with Gasteiger partial charge < -0.3 is 19.5 Å². The standard InChI is InChI=1S/C26H33N3O3S/c1-5-32-25(31)22-15-26(22)9-12-29(13-10-26)24-7-6-18(33-4)14-20(24)21(16-28(2)3)19-8-11-27-23(19)17-30/h6-8,11,14,16-17,22,27H,5,9-10,12-13,15H2,1-4H3/b21-16+. The topological polar surface area (TPSA) is 65.6 Å². The maximum Gasteiger partial charge on any atom is 0.309 e. The molecule has 2 heterocycles. The molecule has 33 heavy (non-hydrogen) atoms. The highest BCUT2D eigenvalue weighted by molar-refractivity contribution is 7.98. The predicted octanol–water partition coefficient (Wildman–Crippen LogP) is 4.67. The summed E-state index contributed by atoms with van der Waals surface area (Å²) in [7, 11) is 4.00. The lowest BCUT2D eigenvalue weighted by Gasteiger charge is -2.36. The lowest BCUT2D eigenvalue weighted by Crippen LogP contribution is -2.36. The summed E-state index contributed by atoms with van der Waals surface area (Å²) < 4.78 is 5.28. The van der Waals surface area contributed by atoms with Gasteiger partial charge in [0.25, 0.3) is 0 Å². The van der Waals surface area contributed by atoms with Crippen LogP contribution in [0.3, 0.4) is 0 Å². The third-order valence-corrected chi connectivity index (χ3v) is 7.65. The molecule has 1 aliphatic heterocycles. The third-order valence-electron chi connectivity index (χ3n) is 6.93. The molecule has 7 heteroatoms. The van der Waals surface area contributed by atoms with E-state index in [-0.39, 0.29) is 17.3 Å². The highest BCUT2D eigenvalue weighted by Gasteiger charge is 2.59. The molecule has 1 aliphatic carbocycles. The van der Waals surface area contributed by atoms with E-state index in [2.05, 4.69) is 40.5 Å². The zero-order valence-corrected chi connectivity index (χ0v) is 20.7. The van der Waals surface area contributed by atoms with Crippen LogP contribution in [0.1, 0.15) is 47.8 Å². The van der Waals surface area contributed by atoms with Crippen LogP contribution in [-0.4, -0.2) is 62.2 Å². The van der Waals surface area contributed by atoms with Gasteiger partial charge >= 0.3 is 5.97 Å². The Balaban J connectivity index is 1.66. The fourth-order valence-electron chi connectivity index (χ4n) is 5.06. The number of aromatic nitrogens is 1. The van der Waals surface area contributed by atoms with Gasteiger partial charge in [-0.3, -0.25) is 9.59 Å². The van der Waals surface area contributed by atoms with Crippen molar-refractivity contribution >= 4 is 35.3 Å². The quantitative estimate of drug-likeness (QED) is 0.346. The number of esters is 1. The maximum absolute atomic E-state index is 12.3. The number of H-pyrrole nitrogens is 1. The van der Waals surface area contributed by atoms with E-state index in [4.69, 9.17) is 4.74 Å². The third kappa shape index (κ3) is 4.69. The molecular weight excluding hydrogens is 434 g/mol. The van der Waals surface area contributed by atoms with Crippen molar-refractivity contribution in [1.82, 2.24) is 9.88 Å². The minimum absolute atomic E-state index is 0.0268. The molecule has 2 aromatic rings. The number of hydrogen-bond donors (Lipinski definition) is 1. The van der Waals surface area contributed by atoms with Crippen LogP contribution in [-0.2, 0) is 9.53 Å². The van der Waals surface area contributed by atoms with Gasteiger partial charge in [-0.25, -0.2) is 0 Å². The van der Waals surface area contributed by atoms with Gasteiger partial charge in [-0.1, -0.05) is 0 Å². The Morgan fingerprint density at radius 2 is 2.03 bits per heavy atom. The molecule has 1 aromatic carbocycles. The second kappa shape index (κ2) is 9.67. The first-order valence-corrected chi connectivity index (χ1v) is 12.8. The number of carbonyl (C=O) groups is 2. The second-order valence-corrected chi connectivity index (χ2v) is 10.1. The smallest absolute Gasteiger partial charge is 0.309 e. The van der Waals surface area contributed by atoms with E-state index in [0.717, 1.165) is 55.3 Å². The van der Waals surface area contributed by atoms with Crippen molar-refractivity contribution < 1.29 is 14.3 Å². The lowest BCUT2D eigenvalue weighted by molar-refractivity contribution is -0.145. The Morgan fingerprint density at radius 1 is 1.27 bits per heavy atom. The van der Waals surface area contributed by atoms with Gasteiger partial charge in [-0.15, -0.1) is 11.8 Å². The van der Waals surface area contributed by atoms with Crippen molar-refractivity contribution in [3.63, 3.8) is 0 Å². The molecule has 2 aliphatic rings. The number of nitrogens with zero attached hydrogens (tertiary/aromatic N) is 2. The summed E-state index contributed by atoms with van der Waals surface area (Å²) in [6.45, 7) is 4.13. The molecule has 1 atom stereocenters. The van der Waals surface area contributed by atoms with Crippen molar-refractivity contribution in [2.45, 2.75) is 31.1 Å². The molecule has 0 radical (unpaired) electrons. The second-order valence-electron chi connectivity index (χ2n) is 9.17. The van der Waals surface area contributed by atoms with Crippen molar-refractivity contribution in [3.05, 3.63) is 53.5 Å². The molecule has 1 spiro atoms. The van der Waals surface area contributed by atoms with Crippen molar-refractivity contribution in [1.29, 1.82) is 0 Å². The average molecular weight is 468 g/mol. The number of anilines is 1. The molecular formula is C26H33N3O3S. The number of benzene rings is 1. The summed E-state index contributed by atoms with van der Waals surface area (Å²) in [5.41, 5.74) is 4.91. The zero-order chi connectivity index (χ0) is 23.6. The summed E-state index contributed by atoms with van der Waals surface area (Å²) in [5, 5.41) is 0. The van der Waals surface area contributed by atoms with Crippen LogP contribution in [0.4, 0.5) is 5.69 Å². The van der Waals surface area contributed by atoms with E-state index in [1.165, 1.54) is 10.6 Å². The van der Waals surface area contributed by atoms with Gasteiger partial charge in [-0.2, -0.15) is 0 Å². The predicted molar refractivity (Wildman–Crippen MR) is 134 cm³/mol. The summed E-state index contributed by atoms with van der Waals surface area (Å²) in [6, 6.07) is 8.55. The van der Waals surface area contributed by atoms with E-state index in [1.54, 1.807) is 11.8 Å². The first-order chi connectivity index (χ1) is 15.9. The molecule has 2 fully saturated rings. The van der Waals surface area contributed by atoms with E-state index in [9.17, 15) is 9.59 Å². The Hall–Kier alpha value is -2.67. The first-order valence-electron chi connectivity index (χ1n) is 11.5. The van der Waals surface area contributed by atoms with E-state index < -0.39 is 0 Å². The highest BCUT2D eigenvalue weighted by Crippen LogP contribution is 2.60. The van der Waals surface area contributed by atoms with Crippen LogP contribution in [0.2, 0.25) is 0 Å². The summed E-state index contributed by atoms with van der Waals surface area (Å²) >= 11 is 1.71. The number of hydrogen-bond acceptors (Lipinski definition) is 6. The monoisotopic (exact) mass is 467 g/mol. The Morgan fingerprint density at radius 3 is 2.67 bits per heavy atom. The van der Waals surface area contributed by atoms with Gasteiger partial charge in [0.2, 0.25) is 0 Å². The van der Waals surface area contributed by atoms with Crippen LogP contribution >= 0.6 is 11.8 Å². The summed E-state index contributed by atoms with van der Waals surface area (Å²) in [6.07, 6.45) is 9.80. The molecule has 1 N–H and O–H groups in total. The van der Waals surface area contributed by atoms with Gasteiger partial charge in [0.1, 0.15) is 0 Å². The van der Waals surface area contributed by atoms with Gasteiger partial charge in [0, 0.05) is 66.9 Å². The summed E-state index contributed by atoms with van der Waals surface area (Å²) in [5.74, 6) is 0.0400. The zero-order valence-electron chi connectivity index (χ0n) is 19.9. The normalized spacial score (nSPS) is 19.5. The number of rotatable bonds is 8. The SMILES string of the molecule is CCOC(=O)C1CC12CCN(c1ccc(SC)cc1/C(=C/N(C)C)c1cc[nH]c1C=O)CC2. The van der Waals surface area contributed by atoms with Crippen LogP contribution < -0.4 is 4.90 Å². The number of carbonyl (C=O) groups excluding carboxylic acids is 2. The maximum atomic E-state index is 12.3. The molecule has 1 aromatic heterocycles. The minimum atomic E-state index is -0.0268. The molecule has 6 nitrogen and oxygen atoms in total.